The highest BCUT2D eigenvalue weighted by Gasteiger charge is 2.09. The summed E-state index contributed by atoms with van der Waals surface area (Å²) < 4.78 is 5.11. The fraction of sp³-hybridized carbons (Fsp3) is 0. The summed E-state index contributed by atoms with van der Waals surface area (Å²) >= 11 is 0. The highest BCUT2D eigenvalue weighted by Crippen LogP contribution is 2.18. The van der Waals surface area contributed by atoms with Gasteiger partial charge >= 0.3 is 5.97 Å². The van der Waals surface area contributed by atoms with Gasteiger partial charge in [0.05, 0.1) is 0 Å². The first kappa shape index (κ1) is 10.2. The van der Waals surface area contributed by atoms with Crippen molar-refractivity contribution in [2.75, 3.05) is 0 Å². The van der Waals surface area contributed by atoms with E-state index in [1.165, 1.54) is 6.07 Å². The average Bonchev–Trinajstić information content (AvgIpc) is 2.29. The molecule has 80 valence electrons. The lowest BCUT2D eigenvalue weighted by Crippen LogP contribution is -2.05. The van der Waals surface area contributed by atoms with Gasteiger partial charge in [-0.25, -0.2) is 4.79 Å². The maximum atomic E-state index is 11.3. The molecule has 1 heterocycles. The van der Waals surface area contributed by atoms with Gasteiger partial charge < -0.3 is 9.52 Å². The molecule has 0 spiro atoms. The summed E-state index contributed by atoms with van der Waals surface area (Å²) in [4.78, 5) is 22.0. The van der Waals surface area contributed by atoms with Gasteiger partial charge in [0.1, 0.15) is 5.76 Å². The van der Waals surface area contributed by atoms with Crippen molar-refractivity contribution in [2.45, 2.75) is 0 Å². The number of hydrogen-bond acceptors (Lipinski definition) is 3. The first-order valence-electron chi connectivity index (χ1n) is 4.61. The van der Waals surface area contributed by atoms with Crippen molar-refractivity contribution in [3.05, 3.63) is 58.4 Å². The molecular weight excluding hydrogens is 208 g/mol. The Balaban J connectivity index is 2.58. The number of aromatic carboxylic acids is 1. The van der Waals surface area contributed by atoms with Gasteiger partial charge in [-0.15, -0.1) is 0 Å². The standard InChI is InChI=1S/C12H8O4/c13-9-6-10(8-4-2-1-3-5-8)16-11(7-9)12(14)15/h1-7H,(H,14,15). The average molecular weight is 216 g/mol. The van der Waals surface area contributed by atoms with Crippen LogP contribution in [0, 0.1) is 0 Å². The zero-order valence-corrected chi connectivity index (χ0v) is 8.21. The Kier molecular flexibility index (Phi) is 2.55. The highest BCUT2D eigenvalue weighted by atomic mass is 16.4. The molecular formula is C12H8O4. The summed E-state index contributed by atoms with van der Waals surface area (Å²) in [5.41, 5.74) is 0.283. The second kappa shape index (κ2) is 4.02. The van der Waals surface area contributed by atoms with Crippen LogP contribution in [0.1, 0.15) is 10.6 Å². The van der Waals surface area contributed by atoms with Crippen molar-refractivity contribution in [1.29, 1.82) is 0 Å². The number of carbonyl (C=O) groups is 1. The van der Waals surface area contributed by atoms with Crippen LogP contribution in [0.2, 0.25) is 0 Å². The molecule has 0 atom stereocenters. The Morgan fingerprint density at radius 2 is 1.81 bits per heavy atom. The lowest BCUT2D eigenvalue weighted by molar-refractivity contribution is 0.0660. The zero-order chi connectivity index (χ0) is 11.5. The van der Waals surface area contributed by atoms with Crippen molar-refractivity contribution < 1.29 is 14.3 Å². The minimum Gasteiger partial charge on any atom is -0.475 e. The number of rotatable bonds is 2. The fourth-order valence-corrected chi connectivity index (χ4v) is 1.33. The predicted molar refractivity (Wildman–Crippen MR) is 57.4 cm³/mol. The van der Waals surface area contributed by atoms with Gasteiger partial charge in [0, 0.05) is 17.7 Å². The molecule has 0 aliphatic rings. The highest BCUT2D eigenvalue weighted by molar-refractivity contribution is 5.84. The summed E-state index contributed by atoms with van der Waals surface area (Å²) in [7, 11) is 0. The Morgan fingerprint density at radius 3 is 2.44 bits per heavy atom. The van der Waals surface area contributed by atoms with Crippen LogP contribution in [0.25, 0.3) is 11.3 Å². The summed E-state index contributed by atoms with van der Waals surface area (Å²) in [6.07, 6.45) is 0. The van der Waals surface area contributed by atoms with Crippen LogP contribution in [0.5, 0.6) is 0 Å². The number of hydrogen-bond donors (Lipinski definition) is 1. The molecule has 4 nitrogen and oxygen atoms in total. The van der Waals surface area contributed by atoms with Gasteiger partial charge in [-0.2, -0.15) is 0 Å². The molecule has 0 saturated heterocycles. The molecule has 16 heavy (non-hydrogen) atoms. The van der Waals surface area contributed by atoms with E-state index in [2.05, 4.69) is 0 Å². The van der Waals surface area contributed by atoms with Crippen LogP contribution in [-0.2, 0) is 0 Å². The van der Waals surface area contributed by atoms with Gasteiger partial charge in [0.2, 0.25) is 5.76 Å². The van der Waals surface area contributed by atoms with E-state index in [0.717, 1.165) is 6.07 Å². The summed E-state index contributed by atoms with van der Waals surface area (Å²) in [6, 6.07) is 11.1. The van der Waals surface area contributed by atoms with E-state index in [1.54, 1.807) is 24.3 Å². The van der Waals surface area contributed by atoms with Gasteiger partial charge in [0.15, 0.2) is 5.43 Å². The van der Waals surface area contributed by atoms with E-state index in [1.807, 2.05) is 6.07 Å². The second-order valence-electron chi connectivity index (χ2n) is 3.19. The van der Waals surface area contributed by atoms with Crippen molar-refractivity contribution >= 4 is 5.97 Å². The third kappa shape index (κ3) is 2.00. The Labute approximate surface area is 90.8 Å². The van der Waals surface area contributed by atoms with Crippen molar-refractivity contribution in [1.82, 2.24) is 0 Å². The normalized spacial score (nSPS) is 10.0. The molecule has 0 aliphatic heterocycles. The van der Waals surface area contributed by atoms with E-state index in [-0.39, 0.29) is 16.9 Å². The predicted octanol–water partition coefficient (Wildman–Crippen LogP) is 2.00. The van der Waals surface area contributed by atoms with Crippen molar-refractivity contribution in [3.63, 3.8) is 0 Å². The van der Waals surface area contributed by atoms with Crippen LogP contribution < -0.4 is 5.43 Å². The zero-order valence-electron chi connectivity index (χ0n) is 8.21. The van der Waals surface area contributed by atoms with Crippen LogP contribution in [-0.4, -0.2) is 11.1 Å². The minimum atomic E-state index is -1.25. The van der Waals surface area contributed by atoms with Crippen molar-refractivity contribution in [2.24, 2.45) is 0 Å². The van der Waals surface area contributed by atoms with E-state index in [9.17, 15) is 9.59 Å². The Morgan fingerprint density at radius 1 is 1.12 bits per heavy atom. The van der Waals surface area contributed by atoms with Crippen LogP contribution in [0.3, 0.4) is 0 Å². The van der Waals surface area contributed by atoms with Gasteiger partial charge in [-0.05, 0) is 0 Å². The molecule has 2 rings (SSSR count). The monoisotopic (exact) mass is 216 g/mol. The summed E-state index contributed by atoms with van der Waals surface area (Å²) in [5.74, 6) is -1.35. The topological polar surface area (TPSA) is 67.5 Å². The third-order valence-corrected chi connectivity index (χ3v) is 2.04. The maximum absolute atomic E-state index is 11.3. The first-order chi connectivity index (χ1) is 7.66. The molecule has 0 radical (unpaired) electrons. The molecule has 0 unspecified atom stereocenters. The van der Waals surface area contributed by atoms with Gasteiger partial charge in [-0.3, -0.25) is 4.79 Å². The molecule has 0 amide bonds. The van der Waals surface area contributed by atoms with E-state index in [4.69, 9.17) is 9.52 Å². The van der Waals surface area contributed by atoms with Crippen molar-refractivity contribution in [3.8, 4) is 11.3 Å². The lowest BCUT2D eigenvalue weighted by atomic mass is 10.1. The molecule has 4 heteroatoms. The van der Waals surface area contributed by atoms with Gasteiger partial charge in [-0.1, -0.05) is 30.3 Å². The summed E-state index contributed by atoms with van der Waals surface area (Å²) in [5, 5.41) is 8.75. The summed E-state index contributed by atoms with van der Waals surface area (Å²) in [6.45, 7) is 0. The fourth-order valence-electron chi connectivity index (χ4n) is 1.33. The molecule has 0 saturated carbocycles. The SMILES string of the molecule is O=C(O)c1cc(=O)cc(-c2ccccc2)o1. The minimum absolute atomic E-state index is 0.255. The van der Waals surface area contributed by atoms with Crippen LogP contribution in [0.15, 0.2) is 51.7 Å². The first-order valence-corrected chi connectivity index (χ1v) is 4.61. The molecule has 1 N–H and O–H groups in total. The molecule has 0 fully saturated rings. The molecule has 0 aliphatic carbocycles. The van der Waals surface area contributed by atoms with E-state index >= 15 is 0 Å². The van der Waals surface area contributed by atoms with E-state index < -0.39 is 5.97 Å². The number of carboxylic acid groups (broad SMARTS) is 1. The largest absolute Gasteiger partial charge is 0.475 e. The maximum Gasteiger partial charge on any atom is 0.371 e. The lowest BCUT2D eigenvalue weighted by Gasteiger charge is -2.00. The van der Waals surface area contributed by atoms with Gasteiger partial charge in [0.25, 0.3) is 0 Å². The number of carboxylic acids is 1. The molecule has 0 bridgehead atoms. The second-order valence-corrected chi connectivity index (χ2v) is 3.19. The Hall–Kier alpha value is -2.36. The molecule has 2 aromatic rings. The van der Waals surface area contributed by atoms with E-state index in [0.29, 0.717) is 5.56 Å². The molecule has 1 aromatic carbocycles. The Bertz CT molecular complexity index is 569. The smallest absolute Gasteiger partial charge is 0.371 e. The van der Waals surface area contributed by atoms with Crippen LogP contribution >= 0.6 is 0 Å². The quantitative estimate of drug-likeness (QED) is 0.833. The van der Waals surface area contributed by atoms with Crippen LogP contribution in [0.4, 0.5) is 0 Å². The molecule has 1 aromatic heterocycles. The third-order valence-electron chi connectivity index (χ3n) is 2.04. The number of benzene rings is 1.